The molecule has 0 atom stereocenters. The number of anilines is 1. The second kappa shape index (κ2) is 4.70. The first-order valence-electron chi connectivity index (χ1n) is 5.15. The molecular formula is C10H13N3O3S. The van der Waals surface area contributed by atoms with Crippen molar-refractivity contribution in [2.24, 2.45) is 0 Å². The van der Waals surface area contributed by atoms with Crippen LogP contribution in [0.25, 0.3) is 0 Å². The van der Waals surface area contributed by atoms with Gasteiger partial charge in [-0.15, -0.1) is 0 Å². The van der Waals surface area contributed by atoms with E-state index in [2.05, 4.69) is 9.72 Å². The second-order valence-electron chi connectivity index (χ2n) is 3.74. The Morgan fingerprint density at radius 1 is 1.53 bits per heavy atom. The molecule has 0 aliphatic carbocycles. The van der Waals surface area contributed by atoms with Crippen LogP contribution in [0.5, 0.6) is 0 Å². The molecule has 2 heterocycles. The van der Waals surface area contributed by atoms with Crippen LogP contribution in [0.15, 0.2) is 6.20 Å². The molecule has 1 aromatic heterocycles. The number of carbonyl (C=O) groups is 2. The lowest BCUT2D eigenvalue weighted by Crippen LogP contribution is -2.48. The number of piperazine rings is 1. The van der Waals surface area contributed by atoms with Gasteiger partial charge in [-0.3, -0.25) is 4.79 Å². The minimum absolute atomic E-state index is 0.0612. The summed E-state index contributed by atoms with van der Waals surface area (Å²) in [5.74, 6) is -0.333. The quantitative estimate of drug-likeness (QED) is 0.707. The predicted octanol–water partition coefficient (Wildman–Crippen LogP) is 0.208. The molecule has 0 bridgehead atoms. The first kappa shape index (κ1) is 11.8. The Morgan fingerprint density at radius 2 is 2.29 bits per heavy atom. The first-order valence-corrected chi connectivity index (χ1v) is 5.96. The van der Waals surface area contributed by atoms with E-state index in [1.165, 1.54) is 24.6 Å². The van der Waals surface area contributed by atoms with Crippen molar-refractivity contribution in [1.82, 2.24) is 9.88 Å². The van der Waals surface area contributed by atoms with Crippen molar-refractivity contribution >= 4 is 28.3 Å². The van der Waals surface area contributed by atoms with E-state index in [-0.39, 0.29) is 5.91 Å². The van der Waals surface area contributed by atoms with E-state index in [9.17, 15) is 9.59 Å². The molecule has 0 N–H and O–H groups in total. The van der Waals surface area contributed by atoms with E-state index in [4.69, 9.17) is 0 Å². The Hall–Kier alpha value is -1.63. The molecule has 0 unspecified atom stereocenters. The van der Waals surface area contributed by atoms with Crippen LogP contribution in [0.4, 0.5) is 5.13 Å². The molecule has 0 aromatic carbocycles. The third kappa shape index (κ3) is 2.38. The Bertz CT molecular complexity index is 446. The van der Waals surface area contributed by atoms with E-state index in [0.717, 1.165) is 6.54 Å². The predicted molar refractivity (Wildman–Crippen MR) is 63.3 cm³/mol. The molecule has 0 spiro atoms. The molecule has 1 aliphatic heterocycles. The van der Waals surface area contributed by atoms with Gasteiger partial charge < -0.3 is 14.5 Å². The minimum Gasteiger partial charge on any atom is -0.465 e. The maximum atomic E-state index is 11.5. The Kier molecular flexibility index (Phi) is 3.28. The monoisotopic (exact) mass is 255 g/mol. The number of aromatic nitrogens is 1. The third-order valence-electron chi connectivity index (χ3n) is 2.61. The van der Waals surface area contributed by atoms with E-state index in [0.29, 0.717) is 23.1 Å². The van der Waals surface area contributed by atoms with Gasteiger partial charge in [-0.2, -0.15) is 0 Å². The topological polar surface area (TPSA) is 62.7 Å². The number of likely N-dealkylation sites (N-methyl/N-ethyl adjacent to an activating group) is 1. The van der Waals surface area contributed by atoms with Gasteiger partial charge in [0.05, 0.1) is 19.9 Å². The average Bonchev–Trinajstić information content (AvgIpc) is 2.81. The molecule has 2 rings (SSSR count). The summed E-state index contributed by atoms with van der Waals surface area (Å²) in [4.78, 5) is 31.0. The molecule has 1 aliphatic rings. The van der Waals surface area contributed by atoms with Gasteiger partial charge in [-0.25, -0.2) is 9.78 Å². The summed E-state index contributed by atoms with van der Waals surface area (Å²) in [5.41, 5.74) is 0. The number of rotatable bonds is 2. The van der Waals surface area contributed by atoms with Crippen LogP contribution in [0.1, 0.15) is 9.67 Å². The third-order valence-corrected chi connectivity index (χ3v) is 3.65. The fourth-order valence-corrected chi connectivity index (χ4v) is 2.39. The van der Waals surface area contributed by atoms with Gasteiger partial charge in [-0.05, 0) is 0 Å². The van der Waals surface area contributed by atoms with Crippen LogP contribution in [0.2, 0.25) is 0 Å². The van der Waals surface area contributed by atoms with Crippen LogP contribution in [-0.4, -0.2) is 55.6 Å². The SMILES string of the molecule is COC(=O)c1cnc(N2CCN(C)C(=O)C2)s1. The largest absolute Gasteiger partial charge is 0.465 e. The molecule has 7 heteroatoms. The highest BCUT2D eigenvalue weighted by Gasteiger charge is 2.24. The van der Waals surface area contributed by atoms with E-state index < -0.39 is 5.97 Å². The van der Waals surface area contributed by atoms with Gasteiger partial charge in [-0.1, -0.05) is 11.3 Å². The van der Waals surface area contributed by atoms with Gasteiger partial charge in [0, 0.05) is 20.1 Å². The zero-order chi connectivity index (χ0) is 12.4. The van der Waals surface area contributed by atoms with Crippen LogP contribution < -0.4 is 4.90 Å². The highest BCUT2D eigenvalue weighted by molar-refractivity contribution is 7.17. The molecule has 0 saturated carbocycles. The summed E-state index contributed by atoms with van der Waals surface area (Å²) in [6, 6.07) is 0. The minimum atomic E-state index is -0.394. The van der Waals surface area contributed by atoms with Crippen molar-refractivity contribution in [2.75, 3.05) is 38.7 Å². The van der Waals surface area contributed by atoms with E-state index >= 15 is 0 Å². The van der Waals surface area contributed by atoms with Crippen molar-refractivity contribution in [2.45, 2.75) is 0 Å². The summed E-state index contributed by atoms with van der Waals surface area (Å²) < 4.78 is 4.61. The van der Waals surface area contributed by atoms with Gasteiger partial charge in [0.15, 0.2) is 5.13 Å². The molecule has 1 aromatic rings. The lowest BCUT2D eigenvalue weighted by Gasteiger charge is -2.31. The summed E-state index contributed by atoms with van der Waals surface area (Å²) in [6.45, 7) is 1.72. The summed E-state index contributed by atoms with van der Waals surface area (Å²) in [7, 11) is 3.11. The number of hydrogen-bond donors (Lipinski definition) is 0. The number of carbonyl (C=O) groups excluding carboxylic acids is 2. The number of nitrogens with zero attached hydrogens (tertiary/aromatic N) is 3. The first-order chi connectivity index (χ1) is 8.11. The van der Waals surface area contributed by atoms with Crippen molar-refractivity contribution in [1.29, 1.82) is 0 Å². The number of thiazole rings is 1. The smallest absolute Gasteiger partial charge is 0.349 e. The number of methoxy groups -OCH3 is 1. The van der Waals surface area contributed by atoms with Crippen molar-refractivity contribution < 1.29 is 14.3 Å². The van der Waals surface area contributed by atoms with Gasteiger partial charge in [0.1, 0.15) is 4.88 Å². The van der Waals surface area contributed by atoms with Gasteiger partial charge in [0.25, 0.3) is 0 Å². The van der Waals surface area contributed by atoms with E-state index in [1.807, 2.05) is 4.90 Å². The van der Waals surface area contributed by atoms with Gasteiger partial charge in [0.2, 0.25) is 5.91 Å². The van der Waals surface area contributed by atoms with Crippen molar-refractivity contribution in [3.8, 4) is 0 Å². The molecule has 1 saturated heterocycles. The fourth-order valence-electron chi connectivity index (χ4n) is 1.53. The maximum absolute atomic E-state index is 11.5. The maximum Gasteiger partial charge on any atom is 0.349 e. The summed E-state index contributed by atoms with van der Waals surface area (Å²) in [5, 5.41) is 0.687. The number of ether oxygens (including phenoxy) is 1. The Balaban J connectivity index is 2.10. The van der Waals surface area contributed by atoms with E-state index in [1.54, 1.807) is 11.9 Å². The lowest BCUT2D eigenvalue weighted by molar-refractivity contribution is -0.129. The highest BCUT2D eigenvalue weighted by Crippen LogP contribution is 2.24. The normalized spacial score (nSPS) is 16.2. The zero-order valence-corrected chi connectivity index (χ0v) is 10.5. The van der Waals surface area contributed by atoms with Crippen LogP contribution >= 0.6 is 11.3 Å². The zero-order valence-electron chi connectivity index (χ0n) is 9.67. The molecule has 6 nitrogen and oxygen atoms in total. The number of hydrogen-bond acceptors (Lipinski definition) is 6. The van der Waals surface area contributed by atoms with Crippen LogP contribution in [0.3, 0.4) is 0 Å². The molecule has 1 fully saturated rings. The summed E-state index contributed by atoms with van der Waals surface area (Å²) in [6.07, 6.45) is 1.48. The number of esters is 1. The second-order valence-corrected chi connectivity index (χ2v) is 4.74. The Morgan fingerprint density at radius 3 is 2.94 bits per heavy atom. The molecule has 92 valence electrons. The van der Waals surface area contributed by atoms with Crippen molar-refractivity contribution in [3.63, 3.8) is 0 Å². The molecule has 1 amide bonds. The average molecular weight is 255 g/mol. The van der Waals surface area contributed by atoms with Crippen LogP contribution in [-0.2, 0) is 9.53 Å². The summed E-state index contributed by atoms with van der Waals surface area (Å²) >= 11 is 1.24. The Labute approximate surface area is 103 Å². The molecular weight excluding hydrogens is 242 g/mol. The lowest BCUT2D eigenvalue weighted by atomic mass is 10.3. The molecule has 17 heavy (non-hydrogen) atoms. The fraction of sp³-hybridized carbons (Fsp3) is 0.500. The standard InChI is InChI=1S/C10H13N3O3S/c1-12-3-4-13(6-8(12)14)10-11-5-7(17-10)9(15)16-2/h5H,3-4,6H2,1-2H3. The highest BCUT2D eigenvalue weighted by atomic mass is 32.1. The molecule has 0 radical (unpaired) electrons. The van der Waals surface area contributed by atoms with Gasteiger partial charge >= 0.3 is 5.97 Å². The number of amides is 1. The van der Waals surface area contributed by atoms with Crippen molar-refractivity contribution in [3.05, 3.63) is 11.1 Å². The van der Waals surface area contributed by atoms with Crippen LogP contribution in [0, 0.1) is 0 Å².